The van der Waals surface area contributed by atoms with Crippen LogP contribution in [0.1, 0.15) is 24.1 Å². The first kappa shape index (κ1) is 19.0. The van der Waals surface area contributed by atoms with E-state index in [4.69, 9.17) is 5.26 Å². The van der Waals surface area contributed by atoms with E-state index < -0.39 is 35.1 Å². The summed E-state index contributed by atoms with van der Waals surface area (Å²) < 4.78 is 40.4. The van der Waals surface area contributed by atoms with Crippen molar-refractivity contribution in [3.8, 4) is 6.07 Å². The van der Waals surface area contributed by atoms with Crippen LogP contribution in [0.15, 0.2) is 41.3 Å². The highest BCUT2D eigenvalue weighted by Gasteiger charge is 2.17. The molecule has 3 rings (SSSR count). The molecule has 3 N–H and O–H groups in total. The van der Waals surface area contributed by atoms with E-state index in [0.29, 0.717) is 5.56 Å². The number of amides is 2. The van der Waals surface area contributed by atoms with Gasteiger partial charge in [-0.3, -0.25) is 4.79 Å². The molecule has 9 heteroatoms. The molecule has 0 aliphatic carbocycles. The quantitative estimate of drug-likeness (QED) is 0.640. The normalized spacial score (nSPS) is 11.7. The summed E-state index contributed by atoms with van der Waals surface area (Å²) in [6, 6.07) is 5.49. The van der Waals surface area contributed by atoms with Crippen molar-refractivity contribution >= 4 is 22.5 Å². The summed E-state index contributed by atoms with van der Waals surface area (Å²) in [7, 11) is 0. The van der Waals surface area contributed by atoms with Gasteiger partial charge in [0.15, 0.2) is 11.6 Å². The molecule has 6 nitrogen and oxygen atoms in total. The Morgan fingerprint density at radius 3 is 2.46 bits per heavy atom. The van der Waals surface area contributed by atoms with Gasteiger partial charge in [0.2, 0.25) is 0 Å². The highest BCUT2D eigenvalue weighted by atomic mass is 19.2. The maximum Gasteiger partial charge on any atom is 0.319 e. The number of halogens is 3. The number of anilines is 1. The molecule has 0 saturated heterocycles. The van der Waals surface area contributed by atoms with Gasteiger partial charge in [-0.2, -0.15) is 5.26 Å². The van der Waals surface area contributed by atoms with Gasteiger partial charge in [0, 0.05) is 11.9 Å². The van der Waals surface area contributed by atoms with E-state index in [-0.39, 0.29) is 22.0 Å². The average Bonchev–Trinajstić information content (AvgIpc) is 2.65. The summed E-state index contributed by atoms with van der Waals surface area (Å²) >= 11 is 0. The molecule has 3 aromatic rings. The number of urea groups is 1. The van der Waals surface area contributed by atoms with Crippen molar-refractivity contribution in [2.75, 3.05) is 5.32 Å². The number of pyridine rings is 1. The van der Waals surface area contributed by atoms with Crippen LogP contribution in [0.5, 0.6) is 0 Å². The summed E-state index contributed by atoms with van der Waals surface area (Å²) in [5.74, 6) is -2.99. The van der Waals surface area contributed by atoms with E-state index in [2.05, 4.69) is 15.6 Å². The van der Waals surface area contributed by atoms with E-state index in [0.717, 1.165) is 18.2 Å². The molecule has 0 spiro atoms. The molecule has 0 aliphatic rings. The van der Waals surface area contributed by atoms with Crippen molar-refractivity contribution in [3.63, 3.8) is 0 Å². The number of rotatable bonds is 3. The second-order valence-electron chi connectivity index (χ2n) is 6.01. The SMILES string of the molecule is CC(NC(=O)Nc1ccc(F)c(C#N)c1)c1c[nH]c(=O)c2cc(F)c(F)cc12. The fourth-order valence-corrected chi connectivity index (χ4v) is 2.76. The molecule has 28 heavy (non-hydrogen) atoms. The predicted octanol–water partition coefficient (Wildman–Crippen LogP) is 3.70. The van der Waals surface area contributed by atoms with Crippen molar-refractivity contribution in [2.45, 2.75) is 13.0 Å². The van der Waals surface area contributed by atoms with Crippen molar-refractivity contribution in [3.05, 3.63) is 75.5 Å². The first-order chi connectivity index (χ1) is 13.3. The third-order valence-electron chi connectivity index (χ3n) is 4.13. The summed E-state index contributed by atoms with van der Waals surface area (Å²) in [6.45, 7) is 1.58. The molecule has 1 unspecified atom stereocenters. The highest BCUT2D eigenvalue weighted by Crippen LogP contribution is 2.24. The van der Waals surface area contributed by atoms with Crippen LogP contribution < -0.4 is 16.2 Å². The summed E-state index contributed by atoms with van der Waals surface area (Å²) in [5, 5.41) is 14.0. The number of nitrogens with one attached hydrogen (secondary N) is 3. The Bertz CT molecular complexity index is 1180. The highest BCUT2D eigenvalue weighted by molar-refractivity contribution is 5.91. The van der Waals surface area contributed by atoms with Crippen molar-refractivity contribution in [1.82, 2.24) is 10.3 Å². The number of carbonyl (C=O) groups is 1. The first-order valence-corrected chi connectivity index (χ1v) is 8.07. The van der Waals surface area contributed by atoms with Crippen LogP contribution in [0.3, 0.4) is 0 Å². The Hall–Kier alpha value is -3.80. The molecule has 0 radical (unpaired) electrons. The fourth-order valence-electron chi connectivity index (χ4n) is 2.76. The smallest absolute Gasteiger partial charge is 0.319 e. The number of nitriles is 1. The lowest BCUT2D eigenvalue weighted by Gasteiger charge is -2.17. The molecule has 0 bridgehead atoms. The maximum absolute atomic E-state index is 13.6. The van der Waals surface area contributed by atoms with Crippen LogP contribution in [-0.4, -0.2) is 11.0 Å². The van der Waals surface area contributed by atoms with Gasteiger partial charge in [-0.1, -0.05) is 0 Å². The predicted molar refractivity (Wildman–Crippen MR) is 96.2 cm³/mol. The molecule has 2 amide bonds. The minimum Gasteiger partial charge on any atom is -0.331 e. The fraction of sp³-hybridized carbons (Fsp3) is 0.105. The third-order valence-corrected chi connectivity index (χ3v) is 4.13. The van der Waals surface area contributed by atoms with Crippen LogP contribution in [0.25, 0.3) is 10.8 Å². The molecule has 0 saturated carbocycles. The van der Waals surface area contributed by atoms with Crippen LogP contribution in [0.2, 0.25) is 0 Å². The van der Waals surface area contributed by atoms with Crippen molar-refractivity contribution < 1.29 is 18.0 Å². The number of nitrogens with zero attached hydrogens (tertiary/aromatic N) is 1. The van der Waals surface area contributed by atoms with E-state index in [1.165, 1.54) is 18.3 Å². The first-order valence-electron chi connectivity index (χ1n) is 8.07. The van der Waals surface area contributed by atoms with Gasteiger partial charge in [0.25, 0.3) is 5.56 Å². The number of benzene rings is 2. The zero-order valence-electron chi connectivity index (χ0n) is 14.4. The van der Waals surface area contributed by atoms with Gasteiger partial charge in [-0.25, -0.2) is 18.0 Å². The van der Waals surface area contributed by atoms with Gasteiger partial charge in [-0.05, 0) is 48.2 Å². The van der Waals surface area contributed by atoms with Gasteiger partial charge in [-0.15, -0.1) is 0 Å². The molecular weight excluding hydrogens is 373 g/mol. The zero-order chi connectivity index (χ0) is 20.4. The standard InChI is InChI=1S/C19H13F3N4O2/c1-9(25-19(28)26-11-2-3-15(20)10(4-11)7-23)14-8-24-18(27)13-6-17(22)16(21)5-12(13)14/h2-6,8-9H,1H3,(H,24,27)(H2,25,26,28). The Balaban J connectivity index is 1.85. The van der Waals surface area contributed by atoms with Crippen LogP contribution in [-0.2, 0) is 0 Å². The number of H-pyrrole nitrogens is 1. The van der Waals surface area contributed by atoms with Gasteiger partial charge >= 0.3 is 6.03 Å². The van der Waals surface area contributed by atoms with E-state index in [1.54, 1.807) is 13.0 Å². The van der Waals surface area contributed by atoms with E-state index in [9.17, 15) is 22.8 Å². The zero-order valence-corrected chi connectivity index (χ0v) is 14.4. The molecule has 1 aromatic heterocycles. The Kier molecular flexibility index (Phi) is 5.04. The molecule has 142 valence electrons. The number of hydrogen-bond acceptors (Lipinski definition) is 3. The largest absolute Gasteiger partial charge is 0.331 e. The Labute approximate surface area is 156 Å². The lowest BCUT2D eigenvalue weighted by molar-refractivity contribution is 0.249. The number of carbonyl (C=O) groups excluding carboxylic acids is 1. The lowest BCUT2D eigenvalue weighted by Crippen LogP contribution is -2.31. The minimum atomic E-state index is -1.15. The Morgan fingerprint density at radius 1 is 1.11 bits per heavy atom. The maximum atomic E-state index is 13.6. The number of fused-ring (bicyclic) bond motifs is 1. The molecule has 0 aliphatic heterocycles. The molecule has 2 aromatic carbocycles. The van der Waals surface area contributed by atoms with E-state index in [1.807, 2.05) is 0 Å². The van der Waals surface area contributed by atoms with Crippen LogP contribution >= 0.6 is 0 Å². The van der Waals surface area contributed by atoms with Crippen LogP contribution in [0.4, 0.5) is 23.7 Å². The third kappa shape index (κ3) is 3.66. The number of aromatic nitrogens is 1. The Morgan fingerprint density at radius 2 is 1.79 bits per heavy atom. The lowest BCUT2D eigenvalue weighted by atomic mass is 10.0. The second kappa shape index (κ2) is 7.44. The number of hydrogen-bond donors (Lipinski definition) is 3. The summed E-state index contributed by atoms with van der Waals surface area (Å²) in [4.78, 5) is 26.5. The van der Waals surface area contributed by atoms with Gasteiger partial charge in [0.05, 0.1) is 17.0 Å². The van der Waals surface area contributed by atoms with Crippen LogP contribution in [0, 0.1) is 28.8 Å². The molecule has 1 atom stereocenters. The van der Waals surface area contributed by atoms with Gasteiger partial charge < -0.3 is 15.6 Å². The summed E-state index contributed by atoms with van der Waals surface area (Å²) in [6.07, 6.45) is 1.30. The van der Waals surface area contributed by atoms with E-state index >= 15 is 0 Å². The van der Waals surface area contributed by atoms with Gasteiger partial charge in [0.1, 0.15) is 11.9 Å². The van der Waals surface area contributed by atoms with Crippen molar-refractivity contribution in [2.24, 2.45) is 0 Å². The minimum absolute atomic E-state index is 0.0531. The van der Waals surface area contributed by atoms with Crippen molar-refractivity contribution in [1.29, 1.82) is 5.26 Å². The molecule has 1 heterocycles. The summed E-state index contributed by atoms with van der Waals surface area (Å²) in [5.41, 5.74) is -0.262. The monoisotopic (exact) mass is 386 g/mol. The second-order valence-corrected chi connectivity index (χ2v) is 6.01. The topological polar surface area (TPSA) is 97.8 Å². The molecular formula is C19H13F3N4O2. The number of aromatic amines is 1. The molecule has 0 fully saturated rings. The average molecular weight is 386 g/mol.